The monoisotopic (exact) mass is 192 g/mol. The van der Waals surface area contributed by atoms with Gasteiger partial charge in [0.05, 0.1) is 11.8 Å². The fourth-order valence-corrected chi connectivity index (χ4v) is 1.64. The zero-order chi connectivity index (χ0) is 10.1. The molecule has 0 unspecified atom stereocenters. The molecular weight excluding hydrogens is 180 g/mol. The van der Waals surface area contributed by atoms with E-state index in [1.165, 1.54) is 6.33 Å². The molecule has 0 bridgehead atoms. The average molecular weight is 192 g/mol. The summed E-state index contributed by atoms with van der Waals surface area (Å²) in [5.41, 5.74) is 7.70. The first kappa shape index (κ1) is 8.96. The molecule has 0 aliphatic carbocycles. The van der Waals surface area contributed by atoms with E-state index >= 15 is 0 Å². The first-order valence-electron chi connectivity index (χ1n) is 4.47. The molecule has 0 radical (unpaired) electrons. The molecule has 2 heterocycles. The van der Waals surface area contributed by atoms with Crippen LogP contribution in [0.3, 0.4) is 0 Å². The maximum atomic E-state index is 11.5. The largest absolute Gasteiger partial charge is 0.338 e. The lowest BCUT2D eigenvalue weighted by Gasteiger charge is -2.03. The van der Waals surface area contributed by atoms with Gasteiger partial charge < -0.3 is 15.3 Å². The van der Waals surface area contributed by atoms with E-state index in [-0.39, 0.29) is 5.56 Å². The number of H-pyrrole nitrogens is 1. The van der Waals surface area contributed by atoms with Gasteiger partial charge in [0.1, 0.15) is 5.52 Å². The molecule has 0 atom stereocenters. The second-order valence-electron chi connectivity index (χ2n) is 3.19. The molecule has 0 saturated carbocycles. The molecule has 0 aliphatic heterocycles. The van der Waals surface area contributed by atoms with Crippen molar-refractivity contribution in [1.82, 2.24) is 14.5 Å². The lowest BCUT2D eigenvalue weighted by molar-refractivity contribution is 0.712. The van der Waals surface area contributed by atoms with Crippen LogP contribution < -0.4 is 11.3 Å². The van der Waals surface area contributed by atoms with Gasteiger partial charge in [0, 0.05) is 18.8 Å². The number of nitrogens with two attached hydrogens (primary N) is 1. The number of nitrogens with one attached hydrogen (secondary N) is 1. The molecule has 2 aromatic heterocycles. The van der Waals surface area contributed by atoms with E-state index in [1.54, 1.807) is 0 Å². The highest BCUT2D eigenvalue weighted by Crippen LogP contribution is 2.12. The Morgan fingerprint density at radius 2 is 2.43 bits per heavy atom. The smallest absolute Gasteiger partial charge is 0.275 e. The van der Waals surface area contributed by atoms with E-state index in [0.29, 0.717) is 18.6 Å². The van der Waals surface area contributed by atoms with Gasteiger partial charge in [0.15, 0.2) is 0 Å². The number of aryl methyl sites for hydroxylation is 1. The minimum atomic E-state index is -0.114. The van der Waals surface area contributed by atoms with Crippen molar-refractivity contribution in [3.8, 4) is 0 Å². The lowest BCUT2D eigenvalue weighted by atomic mass is 10.4. The van der Waals surface area contributed by atoms with Crippen LogP contribution >= 0.6 is 0 Å². The summed E-state index contributed by atoms with van der Waals surface area (Å²) in [7, 11) is 0. The van der Waals surface area contributed by atoms with Gasteiger partial charge in [-0.3, -0.25) is 4.79 Å². The minimum absolute atomic E-state index is 0.114. The van der Waals surface area contributed by atoms with Gasteiger partial charge >= 0.3 is 0 Å². The Bertz CT molecular complexity index is 511. The number of nitrogens with zero attached hydrogens (tertiary/aromatic N) is 2. The number of hydrogen-bond acceptors (Lipinski definition) is 3. The van der Waals surface area contributed by atoms with Gasteiger partial charge in [-0.25, -0.2) is 4.98 Å². The second kappa shape index (κ2) is 3.26. The Morgan fingerprint density at radius 1 is 1.64 bits per heavy atom. The number of hydrogen-bond donors (Lipinski definition) is 2. The summed E-state index contributed by atoms with van der Waals surface area (Å²) in [6.07, 6.45) is 1.41. The van der Waals surface area contributed by atoms with Gasteiger partial charge in [0.2, 0.25) is 0 Å². The summed E-state index contributed by atoms with van der Waals surface area (Å²) < 4.78 is 1.89. The third kappa shape index (κ3) is 1.22. The molecule has 0 fully saturated rings. The third-order valence-electron chi connectivity index (χ3n) is 2.25. The van der Waals surface area contributed by atoms with Crippen molar-refractivity contribution in [1.29, 1.82) is 0 Å². The SMILES string of the molecule is Cc1cc2nc[nH]c(=O)c2n1CCN. The summed E-state index contributed by atoms with van der Waals surface area (Å²) >= 11 is 0. The molecule has 2 aromatic rings. The molecule has 5 heteroatoms. The lowest BCUT2D eigenvalue weighted by Crippen LogP contribution is -2.16. The van der Waals surface area contributed by atoms with Crippen LogP contribution in [0.4, 0.5) is 0 Å². The zero-order valence-electron chi connectivity index (χ0n) is 7.95. The van der Waals surface area contributed by atoms with Crippen molar-refractivity contribution in [2.75, 3.05) is 6.54 Å². The maximum absolute atomic E-state index is 11.5. The van der Waals surface area contributed by atoms with Crippen molar-refractivity contribution in [3.63, 3.8) is 0 Å². The van der Waals surface area contributed by atoms with E-state index < -0.39 is 0 Å². The summed E-state index contributed by atoms with van der Waals surface area (Å²) in [5, 5.41) is 0. The van der Waals surface area contributed by atoms with E-state index in [2.05, 4.69) is 9.97 Å². The molecule has 0 aliphatic rings. The van der Waals surface area contributed by atoms with E-state index in [4.69, 9.17) is 5.73 Å². The van der Waals surface area contributed by atoms with Gasteiger partial charge in [-0.05, 0) is 13.0 Å². The molecule has 2 rings (SSSR count). The average Bonchev–Trinajstić information content (AvgIpc) is 2.45. The van der Waals surface area contributed by atoms with Crippen LogP contribution in [0.2, 0.25) is 0 Å². The van der Waals surface area contributed by atoms with Crippen molar-refractivity contribution < 1.29 is 0 Å². The number of aromatic amines is 1. The molecule has 0 aromatic carbocycles. The fourth-order valence-electron chi connectivity index (χ4n) is 1.64. The van der Waals surface area contributed by atoms with Gasteiger partial charge in [-0.1, -0.05) is 0 Å². The van der Waals surface area contributed by atoms with Crippen LogP contribution in [-0.2, 0) is 6.54 Å². The highest BCUT2D eigenvalue weighted by molar-refractivity contribution is 5.75. The van der Waals surface area contributed by atoms with Crippen molar-refractivity contribution in [3.05, 3.63) is 28.4 Å². The van der Waals surface area contributed by atoms with Gasteiger partial charge in [-0.15, -0.1) is 0 Å². The Balaban J connectivity index is 2.79. The maximum Gasteiger partial charge on any atom is 0.275 e. The highest BCUT2D eigenvalue weighted by atomic mass is 16.1. The van der Waals surface area contributed by atoms with Gasteiger partial charge in [-0.2, -0.15) is 0 Å². The van der Waals surface area contributed by atoms with Crippen molar-refractivity contribution in [2.45, 2.75) is 13.5 Å². The Kier molecular flexibility index (Phi) is 2.09. The quantitative estimate of drug-likeness (QED) is 0.702. The standard InChI is InChI=1S/C9H12N4O/c1-6-4-7-8(13(6)3-2-10)9(14)12-5-11-7/h4-5H,2-3,10H2,1H3,(H,11,12,14). The molecule has 3 N–H and O–H groups in total. The summed E-state index contributed by atoms with van der Waals surface area (Å²) in [4.78, 5) is 18.2. The predicted molar refractivity (Wildman–Crippen MR) is 54.1 cm³/mol. The molecule has 0 saturated heterocycles. The topological polar surface area (TPSA) is 76.7 Å². The predicted octanol–water partition coefficient (Wildman–Crippen LogP) is -0.00828. The van der Waals surface area contributed by atoms with E-state index in [1.807, 2.05) is 17.6 Å². The summed E-state index contributed by atoms with van der Waals surface area (Å²) in [6, 6.07) is 1.89. The van der Waals surface area contributed by atoms with E-state index in [0.717, 1.165) is 11.2 Å². The molecule has 0 spiro atoms. The summed E-state index contributed by atoms with van der Waals surface area (Å²) in [6.45, 7) is 3.10. The Hall–Kier alpha value is -1.62. The van der Waals surface area contributed by atoms with Gasteiger partial charge in [0.25, 0.3) is 5.56 Å². The van der Waals surface area contributed by atoms with Crippen LogP contribution in [0.15, 0.2) is 17.2 Å². The molecule has 74 valence electrons. The minimum Gasteiger partial charge on any atom is -0.338 e. The molecule has 5 nitrogen and oxygen atoms in total. The molecular formula is C9H12N4O. The first-order chi connectivity index (χ1) is 6.74. The van der Waals surface area contributed by atoms with Crippen molar-refractivity contribution >= 4 is 11.0 Å². The van der Waals surface area contributed by atoms with Crippen LogP contribution in [0, 0.1) is 6.92 Å². The number of rotatable bonds is 2. The Morgan fingerprint density at radius 3 is 3.14 bits per heavy atom. The number of aromatic nitrogens is 3. The normalized spacial score (nSPS) is 11.0. The van der Waals surface area contributed by atoms with Crippen LogP contribution in [0.1, 0.15) is 5.69 Å². The highest BCUT2D eigenvalue weighted by Gasteiger charge is 2.08. The third-order valence-corrected chi connectivity index (χ3v) is 2.25. The van der Waals surface area contributed by atoms with E-state index in [9.17, 15) is 4.79 Å². The van der Waals surface area contributed by atoms with Crippen molar-refractivity contribution in [2.24, 2.45) is 5.73 Å². The molecule has 0 amide bonds. The zero-order valence-corrected chi connectivity index (χ0v) is 7.95. The number of fused-ring (bicyclic) bond motifs is 1. The summed E-state index contributed by atoms with van der Waals surface area (Å²) in [5.74, 6) is 0. The second-order valence-corrected chi connectivity index (χ2v) is 3.19. The van der Waals surface area contributed by atoms with Crippen LogP contribution in [0.5, 0.6) is 0 Å². The van der Waals surface area contributed by atoms with Crippen LogP contribution in [-0.4, -0.2) is 21.1 Å². The molecule has 14 heavy (non-hydrogen) atoms. The fraction of sp³-hybridized carbons (Fsp3) is 0.333. The Labute approximate surface area is 80.6 Å². The van der Waals surface area contributed by atoms with Crippen LogP contribution in [0.25, 0.3) is 11.0 Å². The first-order valence-corrected chi connectivity index (χ1v) is 4.47.